The first kappa shape index (κ1) is 16.5. The van der Waals surface area contributed by atoms with Crippen LogP contribution in [0.2, 0.25) is 10.0 Å². The predicted molar refractivity (Wildman–Crippen MR) is 96.6 cm³/mol. The average Bonchev–Trinajstić information content (AvgIpc) is 3.20. The molecular weight excluding hydrogens is 351 g/mol. The monoisotopic (exact) mass is 366 g/mol. The zero-order valence-electron chi connectivity index (χ0n) is 12.8. The lowest BCUT2D eigenvalue weighted by molar-refractivity contribution is 0.513. The van der Waals surface area contributed by atoms with Crippen LogP contribution >= 0.6 is 35.0 Å². The smallest absolute Gasteiger partial charge is 0.168 e. The molecule has 0 N–H and O–H groups in total. The van der Waals surface area contributed by atoms with Crippen molar-refractivity contribution in [2.75, 3.05) is 6.26 Å². The van der Waals surface area contributed by atoms with E-state index in [1.54, 1.807) is 18.0 Å². The van der Waals surface area contributed by atoms with Crippen LogP contribution in [0.4, 0.5) is 0 Å². The van der Waals surface area contributed by atoms with Crippen LogP contribution < -0.4 is 0 Å². The van der Waals surface area contributed by atoms with E-state index in [0.717, 1.165) is 28.6 Å². The summed E-state index contributed by atoms with van der Waals surface area (Å²) in [6.45, 7) is 2.14. The molecular formula is C17H16Cl2N2OS. The third-order valence-electron chi connectivity index (χ3n) is 3.75. The summed E-state index contributed by atoms with van der Waals surface area (Å²) >= 11 is 13.9. The van der Waals surface area contributed by atoms with Gasteiger partial charge in [0.15, 0.2) is 10.9 Å². The molecule has 0 aliphatic rings. The summed E-state index contributed by atoms with van der Waals surface area (Å²) < 4.78 is 7.77. The molecule has 0 spiro atoms. The van der Waals surface area contributed by atoms with Crippen molar-refractivity contribution in [3.05, 3.63) is 58.4 Å². The molecule has 0 aliphatic carbocycles. The molecule has 1 unspecified atom stereocenters. The Hall–Kier alpha value is -1.36. The van der Waals surface area contributed by atoms with E-state index < -0.39 is 0 Å². The minimum atomic E-state index is 0.106. The summed E-state index contributed by atoms with van der Waals surface area (Å²) in [5, 5.41) is 2.06. The SMILES string of the molecule is CCC(c1ccc(Cl)c(Cl)c1)n1c(-c2ccco2)cnc1SC. The van der Waals surface area contributed by atoms with Gasteiger partial charge in [-0.2, -0.15) is 0 Å². The number of furan rings is 1. The van der Waals surface area contributed by atoms with Crippen molar-refractivity contribution in [2.45, 2.75) is 24.5 Å². The number of halogens is 2. The van der Waals surface area contributed by atoms with Crippen molar-refractivity contribution in [2.24, 2.45) is 0 Å². The summed E-state index contributed by atoms with van der Waals surface area (Å²) in [6, 6.07) is 9.70. The summed E-state index contributed by atoms with van der Waals surface area (Å²) in [7, 11) is 0. The lowest BCUT2D eigenvalue weighted by atomic mass is 10.0. The quantitative estimate of drug-likeness (QED) is 0.505. The maximum Gasteiger partial charge on any atom is 0.168 e. The van der Waals surface area contributed by atoms with Crippen LogP contribution in [0.15, 0.2) is 52.4 Å². The van der Waals surface area contributed by atoms with E-state index in [4.69, 9.17) is 27.6 Å². The largest absolute Gasteiger partial charge is 0.463 e. The number of hydrogen-bond acceptors (Lipinski definition) is 3. The molecule has 0 radical (unpaired) electrons. The molecule has 120 valence electrons. The number of benzene rings is 1. The fraction of sp³-hybridized carbons (Fsp3) is 0.235. The lowest BCUT2D eigenvalue weighted by Crippen LogP contribution is -2.12. The Labute approximate surface area is 149 Å². The van der Waals surface area contributed by atoms with Gasteiger partial charge < -0.3 is 8.98 Å². The van der Waals surface area contributed by atoms with E-state index in [9.17, 15) is 0 Å². The maximum atomic E-state index is 6.21. The van der Waals surface area contributed by atoms with Crippen molar-refractivity contribution in [3.63, 3.8) is 0 Å². The molecule has 0 aliphatic heterocycles. The van der Waals surface area contributed by atoms with Gasteiger partial charge in [0.2, 0.25) is 0 Å². The van der Waals surface area contributed by atoms with Gasteiger partial charge in [-0.15, -0.1) is 0 Å². The molecule has 0 saturated carbocycles. The summed E-state index contributed by atoms with van der Waals surface area (Å²) in [6.07, 6.45) is 6.44. The molecule has 0 amide bonds. The zero-order valence-corrected chi connectivity index (χ0v) is 15.1. The minimum Gasteiger partial charge on any atom is -0.463 e. The van der Waals surface area contributed by atoms with E-state index in [2.05, 4.69) is 16.5 Å². The molecule has 23 heavy (non-hydrogen) atoms. The Balaban J connectivity index is 2.14. The molecule has 6 heteroatoms. The van der Waals surface area contributed by atoms with Gasteiger partial charge in [0.25, 0.3) is 0 Å². The first-order valence-corrected chi connectivity index (χ1v) is 9.23. The van der Waals surface area contributed by atoms with Gasteiger partial charge in [-0.05, 0) is 42.5 Å². The van der Waals surface area contributed by atoms with Crippen molar-refractivity contribution in [3.8, 4) is 11.5 Å². The van der Waals surface area contributed by atoms with E-state index in [1.165, 1.54) is 0 Å². The highest BCUT2D eigenvalue weighted by Crippen LogP contribution is 2.35. The van der Waals surface area contributed by atoms with Crippen LogP contribution in [0.3, 0.4) is 0 Å². The van der Waals surface area contributed by atoms with Crippen LogP contribution in [-0.2, 0) is 0 Å². The molecule has 3 rings (SSSR count). The molecule has 3 aromatic rings. The molecule has 1 aromatic carbocycles. The Kier molecular flexibility index (Phi) is 5.05. The Morgan fingerprint density at radius 1 is 1.26 bits per heavy atom. The molecule has 2 aromatic heterocycles. The van der Waals surface area contributed by atoms with Crippen LogP contribution in [0.25, 0.3) is 11.5 Å². The molecule has 0 saturated heterocycles. The van der Waals surface area contributed by atoms with E-state index in [-0.39, 0.29) is 6.04 Å². The summed E-state index contributed by atoms with van der Waals surface area (Å²) in [4.78, 5) is 4.53. The average molecular weight is 367 g/mol. The molecule has 2 heterocycles. The maximum absolute atomic E-state index is 6.21. The number of aromatic nitrogens is 2. The van der Waals surface area contributed by atoms with Crippen molar-refractivity contribution >= 4 is 35.0 Å². The van der Waals surface area contributed by atoms with Gasteiger partial charge in [0.1, 0.15) is 5.69 Å². The van der Waals surface area contributed by atoms with Crippen molar-refractivity contribution in [1.29, 1.82) is 0 Å². The highest BCUT2D eigenvalue weighted by atomic mass is 35.5. The van der Waals surface area contributed by atoms with E-state index in [1.807, 2.05) is 42.8 Å². The van der Waals surface area contributed by atoms with Gasteiger partial charge in [0, 0.05) is 0 Å². The molecule has 0 fully saturated rings. The van der Waals surface area contributed by atoms with E-state index in [0.29, 0.717) is 10.0 Å². The Morgan fingerprint density at radius 2 is 2.09 bits per heavy atom. The lowest BCUT2D eigenvalue weighted by Gasteiger charge is -2.22. The van der Waals surface area contributed by atoms with Gasteiger partial charge in [-0.25, -0.2) is 4.98 Å². The number of imidazole rings is 1. The van der Waals surface area contributed by atoms with Crippen molar-refractivity contribution < 1.29 is 4.42 Å². The van der Waals surface area contributed by atoms with Crippen molar-refractivity contribution in [1.82, 2.24) is 9.55 Å². The molecule has 1 atom stereocenters. The third kappa shape index (κ3) is 3.16. The normalized spacial score (nSPS) is 12.5. The standard InChI is InChI=1S/C17H16Cl2N2OS/c1-3-14(11-6-7-12(18)13(19)9-11)21-15(10-20-17(21)23-2)16-5-4-8-22-16/h4-10,14H,3H2,1-2H3. The van der Waals surface area contributed by atoms with Crippen LogP contribution in [0.1, 0.15) is 24.9 Å². The first-order valence-electron chi connectivity index (χ1n) is 7.25. The van der Waals surface area contributed by atoms with Crippen LogP contribution in [-0.4, -0.2) is 15.8 Å². The number of hydrogen-bond donors (Lipinski definition) is 0. The molecule has 0 bridgehead atoms. The second kappa shape index (κ2) is 7.04. The van der Waals surface area contributed by atoms with Crippen LogP contribution in [0, 0.1) is 0 Å². The topological polar surface area (TPSA) is 31.0 Å². The van der Waals surface area contributed by atoms with Gasteiger partial charge >= 0.3 is 0 Å². The Bertz CT molecular complexity index is 799. The van der Waals surface area contributed by atoms with Gasteiger partial charge in [-0.3, -0.25) is 0 Å². The second-order valence-corrected chi connectivity index (χ2v) is 6.66. The third-order valence-corrected chi connectivity index (χ3v) is 5.15. The first-order chi connectivity index (χ1) is 11.2. The minimum absolute atomic E-state index is 0.106. The number of rotatable bonds is 5. The number of thioether (sulfide) groups is 1. The summed E-state index contributed by atoms with van der Waals surface area (Å²) in [5.74, 6) is 0.802. The van der Waals surface area contributed by atoms with Crippen LogP contribution in [0.5, 0.6) is 0 Å². The molecule has 3 nitrogen and oxygen atoms in total. The fourth-order valence-electron chi connectivity index (χ4n) is 2.69. The number of nitrogens with zero attached hydrogens (tertiary/aromatic N) is 2. The summed E-state index contributed by atoms with van der Waals surface area (Å²) in [5.41, 5.74) is 2.06. The predicted octanol–water partition coefficient (Wildman–Crippen LogP) is 6.17. The zero-order chi connectivity index (χ0) is 16.4. The second-order valence-electron chi connectivity index (χ2n) is 5.08. The highest BCUT2D eigenvalue weighted by Gasteiger charge is 2.22. The van der Waals surface area contributed by atoms with E-state index >= 15 is 0 Å². The fourth-order valence-corrected chi connectivity index (χ4v) is 3.58. The van der Waals surface area contributed by atoms with Gasteiger partial charge in [0.05, 0.1) is 28.5 Å². The highest BCUT2D eigenvalue weighted by molar-refractivity contribution is 7.98. The Morgan fingerprint density at radius 3 is 2.70 bits per heavy atom. The van der Waals surface area contributed by atoms with Gasteiger partial charge in [-0.1, -0.05) is 48.0 Å².